The molecule has 0 aliphatic carbocycles. The summed E-state index contributed by atoms with van der Waals surface area (Å²) >= 11 is 0. The van der Waals surface area contributed by atoms with E-state index < -0.39 is 17.2 Å². The summed E-state index contributed by atoms with van der Waals surface area (Å²) in [7, 11) is 0. The number of nitrogens with one attached hydrogen (secondary N) is 1. The summed E-state index contributed by atoms with van der Waals surface area (Å²) in [6.07, 6.45) is 1.22. The molecule has 2 saturated heterocycles. The highest BCUT2D eigenvalue weighted by Gasteiger charge is 2.50. The number of ether oxygens (including phenoxy) is 1. The fourth-order valence-corrected chi connectivity index (χ4v) is 4.42. The zero-order valence-electron chi connectivity index (χ0n) is 17.0. The number of anilines is 3. The maximum Gasteiger partial charge on any atom is 0.251 e. The van der Waals surface area contributed by atoms with Crippen molar-refractivity contribution >= 4 is 23.5 Å². The molecule has 0 saturated carbocycles. The second kappa shape index (κ2) is 7.73. The quantitative estimate of drug-likeness (QED) is 0.584. The summed E-state index contributed by atoms with van der Waals surface area (Å²) < 4.78 is 6.12. The molecule has 3 heterocycles. The number of nitrogen functional groups attached to an aromatic ring is 2. The molecule has 30 heavy (non-hydrogen) atoms. The van der Waals surface area contributed by atoms with Crippen LogP contribution in [0.4, 0.5) is 17.6 Å². The van der Waals surface area contributed by atoms with E-state index in [0.717, 1.165) is 12.8 Å². The van der Waals surface area contributed by atoms with Crippen molar-refractivity contribution in [2.24, 2.45) is 0 Å². The van der Waals surface area contributed by atoms with Gasteiger partial charge in [-0.25, -0.2) is 0 Å². The number of carbonyl (C=O) groups is 1. The van der Waals surface area contributed by atoms with E-state index in [-0.39, 0.29) is 18.5 Å². The number of piperidine rings is 1. The molecule has 2 aliphatic heterocycles. The van der Waals surface area contributed by atoms with Crippen molar-refractivity contribution in [2.75, 3.05) is 36.1 Å². The van der Waals surface area contributed by atoms with Crippen molar-refractivity contribution in [3.63, 3.8) is 0 Å². The molecule has 9 heteroatoms. The molecule has 2 fully saturated rings. The third kappa shape index (κ3) is 4.03. The SMILES string of the molecule is C[C@]1(NC(=O)c2ccccc2)CC2(CCN(c3cc(N)nc(N)n3)CC2)OC[C@@H]1O. The van der Waals surface area contributed by atoms with E-state index in [1.165, 1.54) is 0 Å². The number of hydrogen-bond donors (Lipinski definition) is 4. The minimum atomic E-state index is -0.782. The first-order valence-electron chi connectivity index (χ1n) is 10.1. The second-order valence-electron chi connectivity index (χ2n) is 8.42. The Balaban J connectivity index is 1.46. The number of amides is 1. The number of nitrogens with two attached hydrogens (primary N) is 2. The van der Waals surface area contributed by atoms with Gasteiger partial charge in [0.1, 0.15) is 17.7 Å². The number of aliphatic hydroxyl groups is 1. The molecule has 160 valence electrons. The molecule has 1 spiro atoms. The molecule has 1 aromatic heterocycles. The molecule has 2 atom stereocenters. The summed E-state index contributed by atoms with van der Waals surface area (Å²) in [5.74, 6) is 0.994. The normalized spacial score (nSPS) is 25.8. The monoisotopic (exact) mass is 412 g/mol. The van der Waals surface area contributed by atoms with E-state index >= 15 is 0 Å². The van der Waals surface area contributed by atoms with E-state index in [2.05, 4.69) is 20.2 Å². The summed E-state index contributed by atoms with van der Waals surface area (Å²) in [5.41, 5.74) is 10.9. The fraction of sp³-hybridized carbons (Fsp3) is 0.476. The number of aromatic nitrogens is 2. The van der Waals surface area contributed by atoms with Crippen molar-refractivity contribution in [3.05, 3.63) is 42.0 Å². The van der Waals surface area contributed by atoms with Gasteiger partial charge in [-0.3, -0.25) is 4.79 Å². The highest BCUT2D eigenvalue weighted by Crippen LogP contribution is 2.40. The molecular formula is C21H28N6O3. The maximum atomic E-state index is 12.7. The van der Waals surface area contributed by atoms with Gasteiger partial charge >= 0.3 is 0 Å². The molecule has 1 aromatic carbocycles. The molecule has 2 aliphatic rings. The van der Waals surface area contributed by atoms with Gasteiger partial charge in [0.15, 0.2) is 0 Å². The predicted octanol–water partition coefficient (Wildman–Crippen LogP) is 0.950. The van der Waals surface area contributed by atoms with E-state index in [0.29, 0.717) is 36.7 Å². The zero-order valence-corrected chi connectivity index (χ0v) is 17.0. The van der Waals surface area contributed by atoms with E-state index in [4.69, 9.17) is 16.2 Å². The van der Waals surface area contributed by atoms with Crippen molar-refractivity contribution in [2.45, 2.75) is 43.4 Å². The topological polar surface area (TPSA) is 140 Å². The van der Waals surface area contributed by atoms with Crippen LogP contribution in [0, 0.1) is 0 Å². The van der Waals surface area contributed by atoms with Gasteiger partial charge in [0.25, 0.3) is 5.91 Å². The lowest BCUT2D eigenvalue weighted by atomic mass is 9.74. The molecular weight excluding hydrogens is 384 g/mol. The first-order chi connectivity index (χ1) is 14.3. The standard InChI is InChI=1S/C21H28N6O3/c1-20(26-18(29)14-5-3-2-4-6-14)13-21(30-12-15(20)28)7-9-27(10-8-21)17-11-16(22)24-19(23)25-17/h2-6,11,15,28H,7-10,12-13H2,1H3,(H,26,29)(H4,22,23,24,25)/t15-,20-/m0/s1. The van der Waals surface area contributed by atoms with E-state index in [1.807, 2.05) is 25.1 Å². The maximum absolute atomic E-state index is 12.7. The van der Waals surface area contributed by atoms with Gasteiger partial charge in [0.05, 0.1) is 17.7 Å². The van der Waals surface area contributed by atoms with Crippen molar-refractivity contribution in [1.82, 2.24) is 15.3 Å². The fourth-order valence-electron chi connectivity index (χ4n) is 4.42. The van der Waals surface area contributed by atoms with Crippen LogP contribution in [0.25, 0.3) is 0 Å². The van der Waals surface area contributed by atoms with Crippen molar-refractivity contribution in [3.8, 4) is 0 Å². The smallest absolute Gasteiger partial charge is 0.251 e. The van der Waals surface area contributed by atoms with Gasteiger partial charge < -0.3 is 31.5 Å². The Hall–Kier alpha value is -2.91. The summed E-state index contributed by atoms with van der Waals surface area (Å²) in [4.78, 5) is 23.0. The molecule has 2 aromatic rings. The third-order valence-corrected chi connectivity index (χ3v) is 6.16. The number of hydrogen-bond acceptors (Lipinski definition) is 8. The lowest BCUT2D eigenvalue weighted by Gasteiger charge is -2.52. The average Bonchev–Trinajstić information content (AvgIpc) is 2.71. The second-order valence-corrected chi connectivity index (χ2v) is 8.42. The van der Waals surface area contributed by atoms with Crippen molar-refractivity contribution in [1.29, 1.82) is 0 Å². The van der Waals surface area contributed by atoms with Gasteiger partial charge in [0.2, 0.25) is 5.95 Å². The first-order valence-corrected chi connectivity index (χ1v) is 10.1. The average molecular weight is 412 g/mol. The largest absolute Gasteiger partial charge is 0.388 e. The van der Waals surface area contributed by atoms with Crippen LogP contribution in [0.2, 0.25) is 0 Å². The number of benzene rings is 1. The molecule has 0 radical (unpaired) electrons. The van der Waals surface area contributed by atoms with E-state index in [1.54, 1.807) is 18.2 Å². The van der Waals surface area contributed by atoms with Crippen LogP contribution in [0.15, 0.2) is 36.4 Å². The number of nitrogens with zero attached hydrogens (tertiary/aromatic N) is 3. The number of rotatable bonds is 3. The highest BCUT2D eigenvalue weighted by atomic mass is 16.5. The Kier molecular flexibility index (Phi) is 5.25. The molecule has 9 nitrogen and oxygen atoms in total. The van der Waals surface area contributed by atoms with Crippen LogP contribution < -0.4 is 21.7 Å². The Morgan fingerprint density at radius 2 is 1.93 bits per heavy atom. The minimum absolute atomic E-state index is 0.151. The summed E-state index contributed by atoms with van der Waals surface area (Å²) in [6.45, 7) is 3.48. The Bertz CT molecular complexity index is 896. The third-order valence-electron chi connectivity index (χ3n) is 6.16. The molecule has 4 rings (SSSR count). The van der Waals surface area contributed by atoms with Crippen LogP contribution >= 0.6 is 0 Å². The van der Waals surface area contributed by atoms with Gasteiger partial charge in [0, 0.05) is 31.1 Å². The molecule has 1 amide bonds. The van der Waals surface area contributed by atoms with Crippen LogP contribution in [0.5, 0.6) is 0 Å². The highest BCUT2D eigenvalue weighted by molar-refractivity contribution is 5.94. The zero-order chi connectivity index (χ0) is 21.4. The Morgan fingerprint density at radius 3 is 2.60 bits per heavy atom. The molecule has 0 bridgehead atoms. The van der Waals surface area contributed by atoms with Crippen LogP contribution in [-0.4, -0.2) is 57.9 Å². The minimum Gasteiger partial charge on any atom is -0.388 e. The predicted molar refractivity (Wildman–Crippen MR) is 114 cm³/mol. The lowest BCUT2D eigenvalue weighted by molar-refractivity contribution is -0.167. The number of carbonyl (C=O) groups excluding carboxylic acids is 1. The van der Waals surface area contributed by atoms with Crippen LogP contribution in [0.1, 0.15) is 36.5 Å². The first kappa shape index (κ1) is 20.4. The van der Waals surface area contributed by atoms with Crippen LogP contribution in [0.3, 0.4) is 0 Å². The van der Waals surface area contributed by atoms with E-state index in [9.17, 15) is 9.90 Å². The van der Waals surface area contributed by atoms with Crippen LogP contribution in [-0.2, 0) is 4.74 Å². The molecule has 0 unspecified atom stereocenters. The summed E-state index contributed by atoms with van der Waals surface area (Å²) in [6, 6.07) is 10.7. The van der Waals surface area contributed by atoms with Gasteiger partial charge in [-0.1, -0.05) is 18.2 Å². The Morgan fingerprint density at radius 1 is 1.23 bits per heavy atom. The van der Waals surface area contributed by atoms with Gasteiger partial charge in [-0.05, 0) is 31.9 Å². The lowest BCUT2D eigenvalue weighted by Crippen LogP contribution is -2.65. The molecule has 6 N–H and O–H groups in total. The van der Waals surface area contributed by atoms with Gasteiger partial charge in [-0.15, -0.1) is 0 Å². The summed E-state index contributed by atoms with van der Waals surface area (Å²) in [5, 5.41) is 13.7. The van der Waals surface area contributed by atoms with Gasteiger partial charge in [-0.2, -0.15) is 9.97 Å². The Labute approximate surface area is 175 Å². The van der Waals surface area contributed by atoms with Crippen molar-refractivity contribution < 1.29 is 14.6 Å². The number of aliphatic hydroxyl groups excluding tert-OH is 1.